The Morgan fingerprint density at radius 3 is 2.66 bits per heavy atom. The SMILES string of the molecule is Cc1ccc(OCC(=O)NN2C(=O)/C(=C/c3ccccc3[N+](=O)[O-])SC2=S)cc1. The van der Waals surface area contributed by atoms with Crippen LogP contribution in [0.5, 0.6) is 5.75 Å². The molecule has 0 radical (unpaired) electrons. The first-order chi connectivity index (χ1) is 13.8. The first-order valence-corrected chi connectivity index (χ1v) is 9.58. The molecule has 0 saturated carbocycles. The summed E-state index contributed by atoms with van der Waals surface area (Å²) >= 11 is 6.09. The molecule has 0 spiro atoms. The maximum Gasteiger partial charge on any atom is 0.285 e. The zero-order valence-corrected chi connectivity index (χ0v) is 16.8. The Bertz CT molecular complexity index is 1020. The molecule has 0 atom stereocenters. The van der Waals surface area contributed by atoms with Gasteiger partial charge in [-0.15, -0.1) is 0 Å². The van der Waals surface area contributed by atoms with E-state index in [1.54, 1.807) is 18.2 Å². The molecule has 1 N–H and O–H groups in total. The number of aryl methyl sites for hydroxylation is 1. The Balaban J connectivity index is 1.66. The number of hydrazine groups is 1. The maximum absolute atomic E-state index is 12.6. The van der Waals surface area contributed by atoms with Crippen LogP contribution in [0.4, 0.5) is 5.69 Å². The molecule has 1 aliphatic heterocycles. The third-order valence-corrected chi connectivity index (χ3v) is 5.14. The summed E-state index contributed by atoms with van der Waals surface area (Å²) in [5.74, 6) is -0.608. The van der Waals surface area contributed by atoms with E-state index in [9.17, 15) is 19.7 Å². The summed E-state index contributed by atoms with van der Waals surface area (Å²) in [5.41, 5.74) is 3.60. The predicted octanol–water partition coefficient (Wildman–Crippen LogP) is 3.21. The van der Waals surface area contributed by atoms with E-state index in [0.29, 0.717) is 5.75 Å². The highest BCUT2D eigenvalue weighted by Gasteiger charge is 2.34. The van der Waals surface area contributed by atoms with Gasteiger partial charge in [-0.2, -0.15) is 5.01 Å². The topological polar surface area (TPSA) is 102 Å². The number of nitrogens with zero attached hydrogens (tertiary/aromatic N) is 2. The van der Waals surface area contributed by atoms with Gasteiger partial charge in [0.15, 0.2) is 10.9 Å². The molecule has 1 aliphatic rings. The summed E-state index contributed by atoms with van der Waals surface area (Å²) in [5, 5.41) is 12.1. The minimum atomic E-state index is -0.568. The number of nitro groups is 1. The number of nitro benzene ring substituents is 1. The van der Waals surface area contributed by atoms with E-state index in [2.05, 4.69) is 5.43 Å². The number of carbonyl (C=O) groups is 2. The number of benzene rings is 2. The average Bonchev–Trinajstić information content (AvgIpc) is 2.95. The van der Waals surface area contributed by atoms with E-state index in [1.807, 2.05) is 19.1 Å². The van der Waals surface area contributed by atoms with Gasteiger partial charge in [0.25, 0.3) is 17.5 Å². The maximum atomic E-state index is 12.6. The highest BCUT2D eigenvalue weighted by Crippen LogP contribution is 2.33. The highest BCUT2D eigenvalue weighted by atomic mass is 32.2. The fourth-order valence-electron chi connectivity index (χ4n) is 2.42. The van der Waals surface area contributed by atoms with Crippen molar-refractivity contribution in [3.05, 3.63) is 74.7 Å². The number of para-hydroxylation sites is 1. The molecule has 8 nitrogen and oxygen atoms in total. The molecule has 1 saturated heterocycles. The van der Waals surface area contributed by atoms with Crippen LogP contribution in [0.3, 0.4) is 0 Å². The highest BCUT2D eigenvalue weighted by molar-refractivity contribution is 8.26. The van der Waals surface area contributed by atoms with E-state index < -0.39 is 16.7 Å². The number of hydrogen-bond acceptors (Lipinski definition) is 7. The second-order valence-corrected chi connectivity index (χ2v) is 7.65. The lowest BCUT2D eigenvalue weighted by Gasteiger charge is -2.15. The van der Waals surface area contributed by atoms with Gasteiger partial charge in [-0.25, -0.2) is 0 Å². The third-order valence-electron chi connectivity index (χ3n) is 3.84. The Kier molecular flexibility index (Phi) is 6.25. The van der Waals surface area contributed by atoms with Crippen LogP contribution >= 0.6 is 24.0 Å². The Hall–Kier alpha value is -3.24. The van der Waals surface area contributed by atoms with Crippen LogP contribution in [0.25, 0.3) is 6.08 Å². The van der Waals surface area contributed by atoms with Crippen molar-refractivity contribution in [1.82, 2.24) is 10.4 Å². The molecule has 2 aromatic rings. The van der Waals surface area contributed by atoms with Gasteiger partial charge in [0, 0.05) is 6.07 Å². The fraction of sp³-hybridized carbons (Fsp3) is 0.105. The van der Waals surface area contributed by atoms with Crippen LogP contribution in [0.2, 0.25) is 0 Å². The summed E-state index contributed by atoms with van der Waals surface area (Å²) in [6.07, 6.45) is 1.38. The zero-order valence-electron chi connectivity index (χ0n) is 15.2. The Labute approximate surface area is 175 Å². The largest absolute Gasteiger partial charge is 0.484 e. The Morgan fingerprint density at radius 2 is 1.97 bits per heavy atom. The van der Waals surface area contributed by atoms with Crippen molar-refractivity contribution in [1.29, 1.82) is 0 Å². The van der Waals surface area contributed by atoms with Crippen LogP contribution in [-0.2, 0) is 9.59 Å². The predicted molar refractivity (Wildman–Crippen MR) is 113 cm³/mol. The smallest absolute Gasteiger partial charge is 0.285 e. The normalized spacial score (nSPS) is 14.9. The summed E-state index contributed by atoms with van der Waals surface area (Å²) in [4.78, 5) is 35.5. The van der Waals surface area contributed by atoms with Gasteiger partial charge in [0.1, 0.15) is 5.75 Å². The van der Waals surface area contributed by atoms with E-state index in [1.165, 1.54) is 24.3 Å². The molecule has 0 aliphatic carbocycles. The first kappa shape index (κ1) is 20.5. The monoisotopic (exact) mass is 429 g/mol. The van der Waals surface area contributed by atoms with Crippen LogP contribution in [-0.4, -0.2) is 32.7 Å². The lowest BCUT2D eigenvalue weighted by Crippen LogP contribution is -2.46. The van der Waals surface area contributed by atoms with Gasteiger partial charge in [-0.3, -0.25) is 25.1 Å². The number of hydrogen-bond donors (Lipinski definition) is 1. The van der Waals surface area contributed by atoms with Crippen molar-refractivity contribution in [2.75, 3.05) is 6.61 Å². The molecule has 0 unspecified atom stereocenters. The fourth-order valence-corrected chi connectivity index (χ4v) is 3.59. The van der Waals surface area contributed by atoms with Crippen molar-refractivity contribution in [2.24, 2.45) is 0 Å². The van der Waals surface area contributed by atoms with Gasteiger partial charge in [0.2, 0.25) is 0 Å². The van der Waals surface area contributed by atoms with Gasteiger partial charge < -0.3 is 4.74 Å². The van der Waals surface area contributed by atoms with Crippen molar-refractivity contribution < 1.29 is 19.2 Å². The van der Waals surface area contributed by atoms with Crippen molar-refractivity contribution in [3.63, 3.8) is 0 Å². The first-order valence-electron chi connectivity index (χ1n) is 8.35. The van der Waals surface area contributed by atoms with E-state index in [4.69, 9.17) is 17.0 Å². The molecule has 29 heavy (non-hydrogen) atoms. The molecule has 0 aromatic heterocycles. The van der Waals surface area contributed by atoms with Crippen molar-refractivity contribution >= 4 is 51.9 Å². The number of thiocarbonyl (C=S) groups is 1. The lowest BCUT2D eigenvalue weighted by molar-refractivity contribution is -0.385. The average molecular weight is 429 g/mol. The number of thioether (sulfide) groups is 1. The minimum Gasteiger partial charge on any atom is -0.484 e. The van der Waals surface area contributed by atoms with Crippen LogP contribution in [0.1, 0.15) is 11.1 Å². The second-order valence-electron chi connectivity index (χ2n) is 5.97. The summed E-state index contributed by atoms with van der Waals surface area (Å²) < 4.78 is 5.49. The van der Waals surface area contributed by atoms with Crippen molar-refractivity contribution in [2.45, 2.75) is 6.92 Å². The summed E-state index contributed by atoms with van der Waals surface area (Å²) in [7, 11) is 0. The second kappa shape index (κ2) is 8.84. The summed E-state index contributed by atoms with van der Waals surface area (Å²) in [6, 6.07) is 13.2. The molecule has 148 valence electrons. The van der Waals surface area contributed by atoms with Crippen LogP contribution in [0, 0.1) is 17.0 Å². The molecule has 2 aromatic carbocycles. The molecule has 10 heteroatoms. The molecule has 1 heterocycles. The number of amides is 2. The quantitative estimate of drug-likeness (QED) is 0.326. The number of carbonyl (C=O) groups excluding carboxylic acids is 2. The summed E-state index contributed by atoms with van der Waals surface area (Å²) in [6.45, 7) is 1.63. The molecule has 1 fully saturated rings. The van der Waals surface area contributed by atoms with Crippen LogP contribution in [0.15, 0.2) is 53.4 Å². The number of rotatable bonds is 6. The van der Waals surface area contributed by atoms with Gasteiger partial charge in [0.05, 0.1) is 15.4 Å². The number of nitrogens with one attached hydrogen (secondary N) is 1. The van der Waals surface area contributed by atoms with E-state index >= 15 is 0 Å². The van der Waals surface area contributed by atoms with E-state index in [0.717, 1.165) is 22.3 Å². The molecule has 0 bridgehead atoms. The molecular weight excluding hydrogens is 414 g/mol. The minimum absolute atomic E-state index is 0.114. The third kappa shape index (κ3) is 4.98. The van der Waals surface area contributed by atoms with Gasteiger partial charge >= 0.3 is 0 Å². The zero-order chi connectivity index (χ0) is 21.0. The van der Waals surface area contributed by atoms with E-state index in [-0.39, 0.29) is 27.1 Å². The van der Waals surface area contributed by atoms with Crippen LogP contribution < -0.4 is 10.2 Å². The lowest BCUT2D eigenvalue weighted by atomic mass is 10.1. The van der Waals surface area contributed by atoms with Gasteiger partial charge in [-0.05, 0) is 43.4 Å². The Morgan fingerprint density at radius 1 is 1.28 bits per heavy atom. The number of ether oxygens (including phenoxy) is 1. The molecule has 3 rings (SSSR count). The standard InChI is InChI=1S/C19H15N3O5S2/c1-12-6-8-14(9-7-12)27-11-17(23)20-21-18(24)16(29-19(21)28)10-13-4-2-3-5-15(13)22(25)26/h2-10H,11H2,1H3,(H,20,23)/b16-10-. The molecular formula is C19H15N3O5S2. The van der Waals surface area contributed by atoms with Crippen molar-refractivity contribution in [3.8, 4) is 5.75 Å². The van der Waals surface area contributed by atoms with Gasteiger partial charge in [-0.1, -0.05) is 41.6 Å². The molecule has 2 amide bonds.